The number of nitrogens with zero attached hydrogens (tertiary/aromatic N) is 1. The Kier molecular flexibility index (Phi) is 3.58. The van der Waals surface area contributed by atoms with Crippen molar-refractivity contribution in [1.29, 1.82) is 0 Å². The van der Waals surface area contributed by atoms with Crippen molar-refractivity contribution in [2.75, 3.05) is 6.54 Å². The molecular weight excluding hydrogens is 291 g/mol. The SMILES string of the molecule is Cc1cc(C(F)(F)F)c2nc(C(=O)NCC(=O)O)[nH]c2c1. The summed E-state index contributed by atoms with van der Waals surface area (Å²) in [4.78, 5) is 28.0. The number of halogens is 3. The molecule has 112 valence electrons. The maximum Gasteiger partial charge on any atom is 0.418 e. The van der Waals surface area contributed by atoms with Gasteiger partial charge >= 0.3 is 12.1 Å². The third-order valence-corrected chi connectivity index (χ3v) is 2.65. The molecule has 2 rings (SSSR count). The molecule has 2 aromatic rings. The zero-order valence-electron chi connectivity index (χ0n) is 10.7. The Balaban J connectivity index is 2.46. The van der Waals surface area contributed by atoms with Crippen LogP contribution in [0.3, 0.4) is 0 Å². The number of H-pyrrole nitrogens is 1. The summed E-state index contributed by atoms with van der Waals surface area (Å²) in [5, 5.41) is 10.5. The van der Waals surface area contributed by atoms with E-state index in [0.717, 1.165) is 6.07 Å². The number of aromatic amines is 1. The average molecular weight is 301 g/mol. The van der Waals surface area contributed by atoms with Crippen LogP contribution in [0, 0.1) is 6.92 Å². The molecule has 0 saturated heterocycles. The van der Waals surface area contributed by atoms with Gasteiger partial charge in [0.15, 0.2) is 5.82 Å². The summed E-state index contributed by atoms with van der Waals surface area (Å²) in [6, 6.07) is 2.35. The van der Waals surface area contributed by atoms with Crippen LogP contribution in [0.4, 0.5) is 13.2 Å². The lowest BCUT2D eigenvalue weighted by Crippen LogP contribution is -2.29. The number of hydrogen-bond donors (Lipinski definition) is 3. The van der Waals surface area contributed by atoms with E-state index in [1.54, 1.807) is 0 Å². The van der Waals surface area contributed by atoms with Gasteiger partial charge in [0.1, 0.15) is 12.1 Å². The smallest absolute Gasteiger partial charge is 0.418 e. The number of aromatic nitrogens is 2. The molecule has 21 heavy (non-hydrogen) atoms. The number of carboxylic acids is 1. The quantitative estimate of drug-likeness (QED) is 0.804. The molecule has 0 spiro atoms. The van der Waals surface area contributed by atoms with Crippen molar-refractivity contribution in [3.8, 4) is 0 Å². The second-order valence-electron chi connectivity index (χ2n) is 4.37. The molecule has 1 aromatic heterocycles. The Morgan fingerprint density at radius 2 is 2.05 bits per heavy atom. The van der Waals surface area contributed by atoms with E-state index in [-0.39, 0.29) is 16.9 Å². The number of hydrogen-bond acceptors (Lipinski definition) is 3. The number of carboxylic acid groups (broad SMARTS) is 1. The first-order valence-corrected chi connectivity index (χ1v) is 5.76. The highest BCUT2D eigenvalue weighted by Gasteiger charge is 2.34. The van der Waals surface area contributed by atoms with Gasteiger partial charge in [-0.05, 0) is 24.6 Å². The van der Waals surface area contributed by atoms with Crippen LogP contribution in [-0.2, 0) is 11.0 Å². The third-order valence-electron chi connectivity index (χ3n) is 2.65. The number of nitrogens with one attached hydrogen (secondary N) is 2. The molecule has 0 radical (unpaired) electrons. The number of rotatable bonds is 3. The van der Waals surface area contributed by atoms with Crippen LogP contribution >= 0.6 is 0 Å². The van der Waals surface area contributed by atoms with Crippen LogP contribution in [-0.4, -0.2) is 33.5 Å². The summed E-state index contributed by atoms with van der Waals surface area (Å²) in [7, 11) is 0. The Morgan fingerprint density at radius 3 is 2.62 bits per heavy atom. The topological polar surface area (TPSA) is 95.1 Å². The lowest BCUT2D eigenvalue weighted by atomic mass is 10.1. The maximum atomic E-state index is 12.9. The highest BCUT2D eigenvalue weighted by molar-refractivity contribution is 5.96. The molecule has 0 saturated carbocycles. The van der Waals surface area contributed by atoms with Gasteiger partial charge in [-0.3, -0.25) is 9.59 Å². The molecule has 6 nitrogen and oxygen atoms in total. The molecule has 0 bridgehead atoms. The number of carbonyl (C=O) groups excluding carboxylic acids is 1. The van der Waals surface area contributed by atoms with Gasteiger partial charge in [-0.25, -0.2) is 4.98 Å². The van der Waals surface area contributed by atoms with Crippen molar-refractivity contribution >= 4 is 22.9 Å². The standard InChI is InChI=1S/C12H10F3N3O3/c1-5-2-6(12(13,14)15)9-7(3-5)17-10(18-9)11(21)16-4-8(19)20/h2-3H,4H2,1H3,(H,16,21)(H,17,18)(H,19,20). The Morgan fingerprint density at radius 1 is 1.38 bits per heavy atom. The molecule has 0 aliphatic heterocycles. The minimum absolute atomic E-state index is 0.0581. The monoisotopic (exact) mass is 301 g/mol. The van der Waals surface area contributed by atoms with Gasteiger partial charge in [0, 0.05) is 0 Å². The first-order chi connectivity index (χ1) is 9.68. The number of benzene rings is 1. The molecule has 0 fully saturated rings. The average Bonchev–Trinajstić information content (AvgIpc) is 2.77. The zero-order chi connectivity index (χ0) is 15.8. The zero-order valence-corrected chi connectivity index (χ0v) is 10.7. The van der Waals surface area contributed by atoms with Crippen LogP contribution in [0.2, 0.25) is 0 Å². The number of aliphatic carboxylic acids is 1. The van der Waals surface area contributed by atoms with Gasteiger partial charge < -0.3 is 15.4 Å². The predicted octanol–water partition coefficient (Wildman–Crippen LogP) is 1.70. The summed E-state index contributed by atoms with van der Waals surface area (Å²) in [5.41, 5.74) is -0.918. The number of alkyl halides is 3. The summed E-state index contributed by atoms with van der Waals surface area (Å²) < 4.78 is 38.8. The normalized spacial score (nSPS) is 11.6. The second kappa shape index (κ2) is 5.08. The van der Waals surface area contributed by atoms with Gasteiger partial charge in [0.2, 0.25) is 0 Å². The van der Waals surface area contributed by atoms with Crippen LogP contribution in [0.5, 0.6) is 0 Å². The van der Waals surface area contributed by atoms with Crippen molar-refractivity contribution in [2.45, 2.75) is 13.1 Å². The van der Waals surface area contributed by atoms with Gasteiger partial charge in [0.25, 0.3) is 5.91 Å². The van der Waals surface area contributed by atoms with Crippen LogP contribution in [0.1, 0.15) is 21.7 Å². The Labute approximate surface area is 116 Å². The lowest BCUT2D eigenvalue weighted by molar-refractivity contribution is -0.137. The molecule has 1 aromatic carbocycles. The molecule has 1 heterocycles. The molecule has 0 unspecified atom stereocenters. The number of amides is 1. The Hall–Kier alpha value is -2.58. The van der Waals surface area contributed by atoms with Crippen molar-refractivity contribution < 1.29 is 27.9 Å². The summed E-state index contributed by atoms with van der Waals surface area (Å²) in [6.07, 6.45) is -4.60. The first kappa shape index (κ1) is 14.8. The van der Waals surface area contributed by atoms with E-state index in [1.165, 1.54) is 13.0 Å². The number of fused-ring (bicyclic) bond motifs is 1. The van der Waals surface area contributed by atoms with Crippen molar-refractivity contribution in [3.05, 3.63) is 29.1 Å². The van der Waals surface area contributed by atoms with E-state index in [4.69, 9.17) is 5.11 Å². The van der Waals surface area contributed by atoms with Crippen molar-refractivity contribution in [3.63, 3.8) is 0 Å². The van der Waals surface area contributed by atoms with Crippen LogP contribution < -0.4 is 5.32 Å². The van der Waals surface area contributed by atoms with E-state index in [2.05, 4.69) is 9.97 Å². The summed E-state index contributed by atoms with van der Waals surface area (Å²) >= 11 is 0. The molecule has 1 amide bonds. The van der Waals surface area contributed by atoms with E-state index >= 15 is 0 Å². The fourth-order valence-electron chi connectivity index (χ4n) is 1.83. The minimum Gasteiger partial charge on any atom is -0.480 e. The largest absolute Gasteiger partial charge is 0.480 e. The van der Waals surface area contributed by atoms with Gasteiger partial charge in [-0.15, -0.1) is 0 Å². The summed E-state index contributed by atoms with van der Waals surface area (Å²) in [5.74, 6) is -2.53. The lowest BCUT2D eigenvalue weighted by Gasteiger charge is -2.07. The fraction of sp³-hybridized carbons (Fsp3) is 0.250. The number of aryl methyl sites for hydroxylation is 1. The van der Waals surface area contributed by atoms with Crippen molar-refractivity contribution in [1.82, 2.24) is 15.3 Å². The van der Waals surface area contributed by atoms with Gasteiger partial charge in [-0.2, -0.15) is 13.2 Å². The van der Waals surface area contributed by atoms with E-state index < -0.39 is 30.2 Å². The van der Waals surface area contributed by atoms with E-state index in [9.17, 15) is 22.8 Å². The molecular formula is C12H10F3N3O3. The third kappa shape index (κ3) is 3.12. The van der Waals surface area contributed by atoms with E-state index in [0.29, 0.717) is 5.56 Å². The van der Waals surface area contributed by atoms with Gasteiger partial charge in [0.05, 0.1) is 11.1 Å². The van der Waals surface area contributed by atoms with Gasteiger partial charge in [-0.1, -0.05) is 0 Å². The molecule has 0 atom stereocenters. The van der Waals surface area contributed by atoms with E-state index in [1.807, 2.05) is 5.32 Å². The predicted molar refractivity (Wildman–Crippen MR) is 65.8 cm³/mol. The summed E-state index contributed by atoms with van der Waals surface area (Å²) in [6.45, 7) is 0.834. The van der Waals surface area contributed by atoms with Crippen LogP contribution in [0.25, 0.3) is 11.0 Å². The Bertz CT molecular complexity index is 722. The molecule has 3 N–H and O–H groups in total. The highest BCUT2D eigenvalue weighted by atomic mass is 19.4. The fourth-order valence-corrected chi connectivity index (χ4v) is 1.83. The minimum atomic E-state index is -4.60. The molecule has 9 heteroatoms. The first-order valence-electron chi connectivity index (χ1n) is 5.76. The van der Waals surface area contributed by atoms with Crippen LogP contribution in [0.15, 0.2) is 12.1 Å². The maximum absolute atomic E-state index is 12.9. The van der Waals surface area contributed by atoms with Crippen molar-refractivity contribution in [2.24, 2.45) is 0 Å². The number of imidazole rings is 1. The molecule has 0 aliphatic carbocycles. The number of carbonyl (C=O) groups is 2. The highest BCUT2D eigenvalue weighted by Crippen LogP contribution is 2.34. The molecule has 0 aliphatic rings. The second-order valence-corrected chi connectivity index (χ2v) is 4.37.